The van der Waals surface area contributed by atoms with Gasteiger partial charge in [0, 0.05) is 44.7 Å². The average Bonchev–Trinajstić information content (AvgIpc) is 2.83. The summed E-state index contributed by atoms with van der Waals surface area (Å²) >= 11 is 0. The Kier molecular flexibility index (Phi) is 3.65. The Labute approximate surface area is 121 Å². The first-order valence-corrected chi connectivity index (χ1v) is 7.24. The molecule has 1 N–H and O–H groups in total. The highest BCUT2D eigenvalue weighted by Gasteiger charge is 2.36. The fourth-order valence-corrected chi connectivity index (χ4v) is 3.03. The molecular formula is C14H18F2N4O. The number of anilines is 2. The lowest BCUT2D eigenvalue weighted by atomic mass is 10.1. The molecule has 7 heteroatoms. The number of carbonyl (C=O) groups is 1. The number of pyridine rings is 1. The van der Waals surface area contributed by atoms with E-state index >= 15 is 0 Å². The molecule has 2 saturated heterocycles. The molecule has 21 heavy (non-hydrogen) atoms. The molecule has 0 aliphatic carbocycles. The second kappa shape index (κ2) is 5.46. The van der Waals surface area contributed by atoms with E-state index in [1.165, 1.54) is 0 Å². The summed E-state index contributed by atoms with van der Waals surface area (Å²) in [5.74, 6) is -0.953. The summed E-state index contributed by atoms with van der Waals surface area (Å²) in [4.78, 5) is 19.4. The van der Waals surface area contributed by atoms with E-state index in [2.05, 4.69) is 10.3 Å². The van der Waals surface area contributed by atoms with Gasteiger partial charge >= 0.3 is 0 Å². The first kappa shape index (κ1) is 14.0. The van der Waals surface area contributed by atoms with Crippen LogP contribution in [0, 0.1) is 11.6 Å². The number of halogens is 2. The number of aromatic nitrogens is 1. The van der Waals surface area contributed by atoms with E-state index in [1.807, 2.05) is 11.8 Å². The van der Waals surface area contributed by atoms with Crippen LogP contribution < -0.4 is 10.2 Å². The van der Waals surface area contributed by atoms with E-state index in [0.717, 1.165) is 12.5 Å². The van der Waals surface area contributed by atoms with Gasteiger partial charge in [0.15, 0.2) is 23.3 Å². The van der Waals surface area contributed by atoms with Crippen LogP contribution >= 0.6 is 0 Å². The summed E-state index contributed by atoms with van der Waals surface area (Å²) in [6, 6.07) is 0.979. The summed E-state index contributed by atoms with van der Waals surface area (Å²) in [6.45, 7) is 3.97. The first-order valence-electron chi connectivity index (χ1n) is 7.24. The van der Waals surface area contributed by atoms with Gasteiger partial charge in [0.05, 0.1) is 0 Å². The van der Waals surface area contributed by atoms with Crippen LogP contribution in [0.25, 0.3) is 0 Å². The third-order valence-corrected chi connectivity index (χ3v) is 4.05. The SMILES string of the molecule is CCNc1nc(N2CCN3C(=O)CCC3C2)c(F)cc1F. The van der Waals surface area contributed by atoms with Crippen molar-refractivity contribution in [2.75, 3.05) is 36.4 Å². The Morgan fingerprint density at radius 1 is 1.38 bits per heavy atom. The van der Waals surface area contributed by atoms with Gasteiger partial charge in [-0.05, 0) is 13.3 Å². The highest BCUT2D eigenvalue weighted by molar-refractivity contribution is 5.79. The minimum atomic E-state index is -0.687. The Bertz CT molecular complexity index is 566. The molecule has 0 radical (unpaired) electrons. The molecule has 0 spiro atoms. The van der Waals surface area contributed by atoms with E-state index in [9.17, 15) is 13.6 Å². The van der Waals surface area contributed by atoms with E-state index in [0.29, 0.717) is 32.6 Å². The van der Waals surface area contributed by atoms with Gasteiger partial charge in [-0.25, -0.2) is 13.8 Å². The standard InChI is InChI=1S/C14H18F2N4O/c1-2-17-13-10(15)7-11(16)14(18-13)19-5-6-20-9(8-19)3-4-12(20)21/h7,9H,2-6,8H2,1H3,(H,17,18). The van der Waals surface area contributed by atoms with Gasteiger partial charge < -0.3 is 15.1 Å². The van der Waals surface area contributed by atoms with Crippen molar-refractivity contribution >= 4 is 17.5 Å². The van der Waals surface area contributed by atoms with Gasteiger partial charge in [0.1, 0.15) is 0 Å². The predicted octanol–water partition coefficient (Wildman–Crippen LogP) is 1.60. The number of hydrogen-bond donors (Lipinski definition) is 1. The molecular weight excluding hydrogens is 278 g/mol. The van der Waals surface area contributed by atoms with Gasteiger partial charge in [-0.15, -0.1) is 0 Å². The molecule has 114 valence electrons. The van der Waals surface area contributed by atoms with E-state index in [4.69, 9.17) is 0 Å². The van der Waals surface area contributed by atoms with Crippen molar-refractivity contribution in [2.24, 2.45) is 0 Å². The normalized spacial score (nSPS) is 21.7. The zero-order chi connectivity index (χ0) is 15.0. The molecule has 2 fully saturated rings. The Hall–Kier alpha value is -1.92. The Morgan fingerprint density at radius 3 is 2.95 bits per heavy atom. The van der Waals surface area contributed by atoms with Crippen molar-refractivity contribution < 1.29 is 13.6 Å². The second-order valence-electron chi connectivity index (χ2n) is 5.38. The van der Waals surface area contributed by atoms with E-state index < -0.39 is 11.6 Å². The Morgan fingerprint density at radius 2 is 2.19 bits per heavy atom. The van der Waals surface area contributed by atoms with Crippen molar-refractivity contribution in [2.45, 2.75) is 25.8 Å². The lowest BCUT2D eigenvalue weighted by Gasteiger charge is -2.38. The predicted molar refractivity (Wildman–Crippen MR) is 75.3 cm³/mol. The number of nitrogens with one attached hydrogen (secondary N) is 1. The second-order valence-corrected chi connectivity index (χ2v) is 5.38. The molecule has 1 aromatic rings. The molecule has 2 aliphatic heterocycles. The number of fused-ring (bicyclic) bond motifs is 1. The highest BCUT2D eigenvalue weighted by atomic mass is 19.1. The van der Waals surface area contributed by atoms with Crippen molar-refractivity contribution in [3.8, 4) is 0 Å². The van der Waals surface area contributed by atoms with E-state index in [1.54, 1.807) is 4.90 Å². The topological polar surface area (TPSA) is 48.5 Å². The van der Waals surface area contributed by atoms with Gasteiger partial charge in [-0.1, -0.05) is 0 Å². The quantitative estimate of drug-likeness (QED) is 0.920. The van der Waals surface area contributed by atoms with Crippen LogP contribution in [0.1, 0.15) is 19.8 Å². The summed E-state index contributed by atoms with van der Waals surface area (Å²) in [6.07, 6.45) is 1.35. The minimum absolute atomic E-state index is 0.0684. The fraction of sp³-hybridized carbons (Fsp3) is 0.571. The largest absolute Gasteiger partial charge is 0.368 e. The van der Waals surface area contributed by atoms with Crippen LogP contribution in [0.15, 0.2) is 6.07 Å². The van der Waals surface area contributed by atoms with E-state index in [-0.39, 0.29) is 23.6 Å². The number of carbonyl (C=O) groups excluding carboxylic acids is 1. The molecule has 1 amide bonds. The lowest BCUT2D eigenvalue weighted by molar-refractivity contribution is -0.129. The monoisotopic (exact) mass is 296 g/mol. The third-order valence-electron chi connectivity index (χ3n) is 4.05. The first-order chi connectivity index (χ1) is 10.1. The third kappa shape index (κ3) is 2.52. The maximum atomic E-state index is 14.0. The fourth-order valence-electron chi connectivity index (χ4n) is 3.03. The molecule has 1 aromatic heterocycles. The van der Waals surface area contributed by atoms with Crippen LogP contribution in [0.3, 0.4) is 0 Å². The average molecular weight is 296 g/mol. The van der Waals surface area contributed by atoms with Gasteiger partial charge in [-0.3, -0.25) is 4.79 Å². The maximum absolute atomic E-state index is 14.0. The number of amides is 1. The van der Waals surface area contributed by atoms with Crippen LogP contribution in [0.2, 0.25) is 0 Å². The van der Waals surface area contributed by atoms with Crippen LogP contribution in [0.4, 0.5) is 20.4 Å². The zero-order valence-corrected chi connectivity index (χ0v) is 11.9. The molecule has 2 aliphatic rings. The molecule has 0 bridgehead atoms. The molecule has 0 saturated carbocycles. The van der Waals surface area contributed by atoms with Gasteiger partial charge in [0.2, 0.25) is 5.91 Å². The maximum Gasteiger partial charge on any atom is 0.223 e. The summed E-state index contributed by atoms with van der Waals surface area (Å²) in [7, 11) is 0. The number of rotatable bonds is 3. The molecule has 1 atom stereocenters. The molecule has 0 aromatic carbocycles. The summed E-state index contributed by atoms with van der Waals surface area (Å²) in [5.41, 5.74) is 0. The van der Waals surface area contributed by atoms with Crippen molar-refractivity contribution in [3.05, 3.63) is 17.7 Å². The minimum Gasteiger partial charge on any atom is -0.368 e. The number of nitrogens with zero attached hydrogens (tertiary/aromatic N) is 3. The Balaban J connectivity index is 1.84. The molecule has 5 nitrogen and oxygen atoms in total. The van der Waals surface area contributed by atoms with Crippen molar-refractivity contribution in [1.82, 2.24) is 9.88 Å². The van der Waals surface area contributed by atoms with Crippen molar-refractivity contribution in [3.63, 3.8) is 0 Å². The summed E-state index contributed by atoms with van der Waals surface area (Å²) < 4.78 is 27.6. The molecule has 3 heterocycles. The zero-order valence-electron chi connectivity index (χ0n) is 11.9. The smallest absolute Gasteiger partial charge is 0.223 e. The molecule has 3 rings (SSSR count). The van der Waals surface area contributed by atoms with Crippen molar-refractivity contribution in [1.29, 1.82) is 0 Å². The number of hydrogen-bond acceptors (Lipinski definition) is 4. The molecule has 1 unspecified atom stereocenters. The van der Waals surface area contributed by atoms with Crippen LogP contribution in [-0.4, -0.2) is 48.0 Å². The van der Waals surface area contributed by atoms with Gasteiger partial charge in [-0.2, -0.15) is 0 Å². The van der Waals surface area contributed by atoms with Crippen LogP contribution in [-0.2, 0) is 4.79 Å². The van der Waals surface area contributed by atoms with Gasteiger partial charge in [0.25, 0.3) is 0 Å². The highest BCUT2D eigenvalue weighted by Crippen LogP contribution is 2.28. The lowest BCUT2D eigenvalue weighted by Crippen LogP contribution is -2.52. The number of piperazine rings is 1. The summed E-state index contributed by atoms with van der Waals surface area (Å²) in [5, 5.41) is 2.79. The van der Waals surface area contributed by atoms with Crippen LogP contribution in [0.5, 0.6) is 0 Å².